The number of esters is 2. The van der Waals surface area contributed by atoms with Crippen molar-refractivity contribution >= 4 is 11.9 Å². The van der Waals surface area contributed by atoms with Crippen LogP contribution in [0.1, 0.15) is 47.0 Å². The van der Waals surface area contributed by atoms with E-state index < -0.39 is 0 Å². The number of hydrogen-bond acceptors (Lipinski definition) is 4. The number of ether oxygens (including phenoxy) is 2. The van der Waals surface area contributed by atoms with Crippen molar-refractivity contribution in [1.82, 2.24) is 0 Å². The Morgan fingerprint density at radius 1 is 1.42 bits per heavy atom. The maximum atomic E-state index is 12.2. The highest BCUT2D eigenvalue weighted by Gasteiger charge is 2.40. The van der Waals surface area contributed by atoms with Crippen molar-refractivity contribution in [1.29, 1.82) is 0 Å². The van der Waals surface area contributed by atoms with E-state index in [2.05, 4.69) is 12.7 Å². The first kappa shape index (κ1) is 18.2. The average molecular weight is 330 g/mol. The van der Waals surface area contributed by atoms with Crippen LogP contribution in [0.5, 0.6) is 0 Å². The van der Waals surface area contributed by atoms with Gasteiger partial charge in [0.05, 0.1) is 0 Å². The van der Waals surface area contributed by atoms with Gasteiger partial charge in [0.2, 0.25) is 0 Å². The minimum Gasteiger partial charge on any atom is -0.454 e. The number of carbonyl (C=O) groups excluding carboxylic acids is 2. The van der Waals surface area contributed by atoms with E-state index in [-0.39, 0.29) is 30.1 Å². The molecule has 1 aliphatic heterocycles. The highest BCUT2D eigenvalue weighted by molar-refractivity contribution is 5.91. The van der Waals surface area contributed by atoms with Crippen LogP contribution in [0.15, 0.2) is 47.1 Å². The third-order valence-electron chi connectivity index (χ3n) is 4.78. The van der Waals surface area contributed by atoms with Gasteiger partial charge in [0.15, 0.2) is 0 Å². The van der Waals surface area contributed by atoms with Crippen molar-refractivity contribution in [2.24, 2.45) is 5.92 Å². The van der Waals surface area contributed by atoms with Gasteiger partial charge in [-0.25, -0.2) is 9.59 Å². The summed E-state index contributed by atoms with van der Waals surface area (Å²) < 4.78 is 11.2. The molecular weight excluding hydrogens is 304 g/mol. The third kappa shape index (κ3) is 4.05. The molecule has 24 heavy (non-hydrogen) atoms. The van der Waals surface area contributed by atoms with E-state index in [0.29, 0.717) is 17.6 Å². The van der Waals surface area contributed by atoms with Crippen LogP contribution in [0.2, 0.25) is 0 Å². The lowest BCUT2D eigenvalue weighted by molar-refractivity contribution is -0.143. The van der Waals surface area contributed by atoms with E-state index in [1.54, 1.807) is 13.0 Å². The van der Waals surface area contributed by atoms with Gasteiger partial charge in [-0.05, 0) is 58.6 Å². The fourth-order valence-corrected chi connectivity index (χ4v) is 2.98. The summed E-state index contributed by atoms with van der Waals surface area (Å²) in [6, 6.07) is 0. The maximum Gasteiger partial charge on any atom is 0.334 e. The van der Waals surface area contributed by atoms with Crippen LogP contribution in [0.4, 0.5) is 0 Å². The molecule has 0 unspecified atom stereocenters. The van der Waals surface area contributed by atoms with Gasteiger partial charge in [-0.2, -0.15) is 0 Å². The smallest absolute Gasteiger partial charge is 0.334 e. The van der Waals surface area contributed by atoms with Gasteiger partial charge in [-0.15, -0.1) is 0 Å². The second-order valence-electron chi connectivity index (χ2n) is 6.60. The predicted octanol–water partition coefficient (Wildman–Crippen LogP) is 4.04. The molecule has 130 valence electrons. The zero-order valence-corrected chi connectivity index (χ0v) is 14.9. The van der Waals surface area contributed by atoms with E-state index >= 15 is 0 Å². The zero-order valence-electron chi connectivity index (χ0n) is 14.9. The van der Waals surface area contributed by atoms with Crippen molar-refractivity contribution < 1.29 is 19.1 Å². The van der Waals surface area contributed by atoms with Crippen LogP contribution in [-0.2, 0) is 19.1 Å². The first-order chi connectivity index (χ1) is 11.3. The monoisotopic (exact) mass is 330 g/mol. The third-order valence-corrected chi connectivity index (χ3v) is 4.78. The highest BCUT2D eigenvalue weighted by atomic mass is 16.6. The Morgan fingerprint density at radius 3 is 2.79 bits per heavy atom. The second-order valence-corrected chi connectivity index (χ2v) is 6.60. The van der Waals surface area contributed by atoms with Crippen molar-refractivity contribution in [3.8, 4) is 0 Å². The Kier molecular flexibility index (Phi) is 5.81. The zero-order chi connectivity index (χ0) is 17.9. The number of fused-ring (bicyclic) bond motifs is 1. The summed E-state index contributed by atoms with van der Waals surface area (Å²) in [5.74, 6) is -0.853. The van der Waals surface area contributed by atoms with Gasteiger partial charge in [0.1, 0.15) is 12.2 Å². The second kappa shape index (κ2) is 7.65. The topological polar surface area (TPSA) is 52.6 Å². The van der Waals surface area contributed by atoms with Crippen LogP contribution < -0.4 is 0 Å². The molecule has 2 aliphatic rings. The molecule has 0 spiro atoms. The van der Waals surface area contributed by atoms with Crippen LogP contribution in [0.25, 0.3) is 0 Å². The molecule has 1 heterocycles. The minimum absolute atomic E-state index is 0.169. The molecule has 1 fully saturated rings. The van der Waals surface area contributed by atoms with E-state index in [1.807, 2.05) is 26.8 Å². The Balaban J connectivity index is 2.30. The van der Waals surface area contributed by atoms with Gasteiger partial charge >= 0.3 is 11.9 Å². The summed E-state index contributed by atoms with van der Waals surface area (Å²) >= 11 is 0. The predicted molar refractivity (Wildman–Crippen MR) is 93.2 cm³/mol. The molecule has 0 saturated carbocycles. The summed E-state index contributed by atoms with van der Waals surface area (Å²) in [7, 11) is 0. The van der Waals surface area contributed by atoms with Gasteiger partial charge in [-0.3, -0.25) is 0 Å². The van der Waals surface area contributed by atoms with E-state index in [4.69, 9.17) is 9.47 Å². The molecule has 0 aromatic carbocycles. The largest absolute Gasteiger partial charge is 0.454 e. The number of allylic oxidation sites excluding steroid dienone is 3. The maximum absolute atomic E-state index is 12.2. The van der Waals surface area contributed by atoms with E-state index in [9.17, 15) is 9.59 Å². The Morgan fingerprint density at radius 2 is 2.12 bits per heavy atom. The lowest BCUT2D eigenvalue weighted by atomic mass is 9.86. The number of rotatable bonds is 2. The normalized spacial score (nSPS) is 32.8. The number of carbonyl (C=O) groups is 2. The molecule has 4 nitrogen and oxygen atoms in total. The summed E-state index contributed by atoms with van der Waals surface area (Å²) in [6.07, 6.45) is 7.42. The standard InChI is InChI=1S/C20H26O4/c1-6-13(3)19(21)23-17-11-16-15(5)20(22)24-18(16)10-12(2)8-7-9-14(17)4/h6,9-10,16-18H,5,7-8,11H2,1-4H3/b12-10+,13-6-,14-9+/t16-,17+,18-/m1/s1. The van der Waals surface area contributed by atoms with E-state index in [1.165, 1.54) is 5.57 Å². The van der Waals surface area contributed by atoms with Crippen molar-refractivity contribution in [2.45, 2.75) is 59.2 Å². The molecule has 0 N–H and O–H groups in total. The molecule has 0 amide bonds. The molecule has 3 atom stereocenters. The summed E-state index contributed by atoms with van der Waals surface area (Å²) in [6.45, 7) is 11.4. The minimum atomic E-state index is -0.377. The quantitative estimate of drug-likeness (QED) is 0.436. The number of hydrogen-bond donors (Lipinski definition) is 0. The van der Waals surface area contributed by atoms with Crippen molar-refractivity contribution in [2.75, 3.05) is 0 Å². The SMILES string of the molecule is C=C1C(=O)O[C@@H]2/C=C(\C)CC/C=C(\C)[C@@H](OC(=O)/C(C)=C\C)C[C@H]12. The van der Waals surface area contributed by atoms with Crippen LogP contribution >= 0.6 is 0 Å². The first-order valence-electron chi connectivity index (χ1n) is 8.41. The Labute approximate surface area is 143 Å². The van der Waals surface area contributed by atoms with Crippen molar-refractivity contribution in [3.05, 3.63) is 47.1 Å². The molecule has 0 aromatic heterocycles. The van der Waals surface area contributed by atoms with Crippen LogP contribution in [0.3, 0.4) is 0 Å². The summed E-state index contributed by atoms with van der Waals surface area (Å²) in [5, 5.41) is 0. The van der Waals surface area contributed by atoms with Gasteiger partial charge in [-0.1, -0.05) is 24.3 Å². The fraction of sp³-hybridized carbons (Fsp3) is 0.500. The summed E-state index contributed by atoms with van der Waals surface area (Å²) in [4.78, 5) is 24.1. The lowest BCUT2D eigenvalue weighted by Crippen LogP contribution is -2.27. The highest BCUT2D eigenvalue weighted by Crippen LogP contribution is 2.35. The molecular formula is C20H26O4. The Bertz CT molecular complexity index is 636. The summed E-state index contributed by atoms with van der Waals surface area (Å²) in [5.41, 5.74) is 3.23. The fourth-order valence-electron chi connectivity index (χ4n) is 2.98. The molecule has 0 radical (unpaired) electrons. The van der Waals surface area contributed by atoms with Gasteiger partial charge in [0, 0.05) is 17.1 Å². The van der Waals surface area contributed by atoms with Crippen molar-refractivity contribution in [3.63, 3.8) is 0 Å². The molecule has 1 aliphatic carbocycles. The van der Waals surface area contributed by atoms with Gasteiger partial charge in [0.25, 0.3) is 0 Å². The molecule has 0 aromatic rings. The van der Waals surface area contributed by atoms with E-state index in [0.717, 1.165) is 18.4 Å². The molecule has 2 rings (SSSR count). The Hall–Kier alpha value is -2.10. The molecule has 1 saturated heterocycles. The first-order valence-corrected chi connectivity index (χ1v) is 8.41. The molecule has 0 bridgehead atoms. The lowest BCUT2D eigenvalue weighted by Gasteiger charge is -2.25. The average Bonchev–Trinajstić information content (AvgIpc) is 2.79. The van der Waals surface area contributed by atoms with Crippen LogP contribution in [-0.4, -0.2) is 24.1 Å². The molecule has 4 heteroatoms. The van der Waals surface area contributed by atoms with Gasteiger partial charge < -0.3 is 9.47 Å². The van der Waals surface area contributed by atoms with Crippen LogP contribution in [0, 0.1) is 5.92 Å².